The fourth-order valence-electron chi connectivity index (χ4n) is 3.27. The number of hydrogen-bond acceptors (Lipinski definition) is 6. The highest BCUT2D eigenvalue weighted by atomic mass is 32.2. The molecule has 3 atom stereocenters. The number of carbonyl (C=O) groups is 1. The van der Waals surface area contributed by atoms with E-state index in [4.69, 9.17) is 14.6 Å². The quantitative estimate of drug-likeness (QED) is 0.571. The zero-order valence-corrected chi connectivity index (χ0v) is 17.2. The van der Waals surface area contributed by atoms with E-state index in [1.807, 2.05) is 48.5 Å². The van der Waals surface area contributed by atoms with Crippen LogP contribution in [0.3, 0.4) is 0 Å². The van der Waals surface area contributed by atoms with Crippen LogP contribution >= 0.6 is 11.8 Å². The van der Waals surface area contributed by atoms with Crippen LogP contribution in [0, 0.1) is 0 Å². The van der Waals surface area contributed by atoms with E-state index < -0.39 is 6.29 Å². The van der Waals surface area contributed by atoms with Crippen molar-refractivity contribution in [3.8, 4) is 0 Å². The average Bonchev–Trinajstić information content (AvgIpc) is 2.73. The number of aliphatic hydroxyl groups excluding tert-OH is 2. The zero-order chi connectivity index (χ0) is 20.6. The van der Waals surface area contributed by atoms with E-state index in [2.05, 4.69) is 5.32 Å². The molecule has 0 spiro atoms. The number of anilines is 1. The minimum absolute atomic E-state index is 0.00784. The van der Waals surface area contributed by atoms with Gasteiger partial charge in [0, 0.05) is 36.1 Å². The second-order valence-corrected chi connectivity index (χ2v) is 8.11. The maximum absolute atomic E-state index is 11.4. The van der Waals surface area contributed by atoms with Crippen LogP contribution in [0.15, 0.2) is 48.5 Å². The lowest BCUT2D eigenvalue weighted by molar-refractivity contribution is -0.245. The van der Waals surface area contributed by atoms with Gasteiger partial charge in [-0.05, 0) is 23.3 Å². The molecule has 1 heterocycles. The van der Waals surface area contributed by atoms with Crippen molar-refractivity contribution in [2.45, 2.75) is 38.4 Å². The first-order valence-electron chi connectivity index (χ1n) is 9.66. The second kappa shape index (κ2) is 10.8. The summed E-state index contributed by atoms with van der Waals surface area (Å²) in [6.07, 6.45) is -0.0266. The van der Waals surface area contributed by atoms with Gasteiger partial charge in [0.15, 0.2) is 6.29 Å². The molecule has 1 saturated heterocycles. The second-order valence-electron chi connectivity index (χ2n) is 6.96. The predicted octanol–water partition coefficient (Wildman–Crippen LogP) is 3.41. The van der Waals surface area contributed by atoms with Gasteiger partial charge in [0.25, 0.3) is 0 Å². The van der Waals surface area contributed by atoms with Crippen molar-refractivity contribution >= 4 is 23.4 Å². The summed E-state index contributed by atoms with van der Waals surface area (Å²) in [5, 5.41) is 21.1. The number of carbonyl (C=O) groups excluding carboxylic acids is 1. The van der Waals surface area contributed by atoms with Crippen molar-refractivity contribution in [1.82, 2.24) is 0 Å². The van der Waals surface area contributed by atoms with Gasteiger partial charge in [-0.15, -0.1) is 0 Å². The fourth-order valence-corrected chi connectivity index (χ4v) is 4.04. The zero-order valence-electron chi connectivity index (χ0n) is 16.4. The highest BCUT2D eigenvalue weighted by Gasteiger charge is 2.32. The third-order valence-electron chi connectivity index (χ3n) is 4.63. The van der Waals surface area contributed by atoms with Crippen LogP contribution in [-0.2, 0) is 20.9 Å². The van der Waals surface area contributed by atoms with Crippen molar-refractivity contribution in [2.75, 3.05) is 23.4 Å². The molecular formula is C22H27NO5S. The minimum Gasteiger partial charge on any atom is -0.396 e. The Morgan fingerprint density at radius 3 is 2.62 bits per heavy atom. The molecule has 7 heteroatoms. The molecule has 1 aliphatic rings. The summed E-state index contributed by atoms with van der Waals surface area (Å²) >= 11 is 1.65. The molecule has 0 aliphatic carbocycles. The van der Waals surface area contributed by atoms with Crippen LogP contribution in [0.2, 0.25) is 0 Å². The van der Waals surface area contributed by atoms with Gasteiger partial charge >= 0.3 is 0 Å². The van der Waals surface area contributed by atoms with E-state index in [-0.39, 0.29) is 31.3 Å². The van der Waals surface area contributed by atoms with Crippen molar-refractivity contribution in [3.05, 3.63) is 65.2 Å². The van der Waals surface area contributed by atoms with Crippen molar-refractivity contribution < 1.29 is 24.5 Å². The third kappa shape index (κ3) is 6.29. The summed E-state index contributed by atoms with van der Waals surface area (Å²) in [5.41, 5.74) is 3.43. The summed E-state index contributed by atoms with van der Waals surface area (Å²) in [6.45, 7) is 1.62. The molecule has 0 unspecified atom stereocenters. The Balaban J connectivity index is 1.80. The van der Waals surface area contributed by atoms with Crippen molar-refractivity contribution in [1.29, 1.82) is 0 Å². The van der Waals surface area contributed by atoms with Crippen LogP contribution in [0.4, 0.5) is 5.69 Å². The molecule has 29 heavy (non-hydrogen) atoms. The Labute approximate surface area is 175 Å². The molecule has 156 valence electrons. The van der Waals surface area contributed by atoms with Crippen LogP contribution in [0.1, 0.15) is 42.4 Å². The Bertz CT molecular complexity index is 798. The Morgan fingerprint density at radius 1 is 1.14 bits per heavy atom. The van der Waals surface area contributed by atoms with Gasteiger partial charge < -0.3 is 25.0 Å². The smallest absolute Gasteiger partial charge is 0.221 e. The lowest BCUT2D eigenvalue weighted by Crippen LogP contribution is -2.31. The summed E-state index contributed by atoms with van der Waals surface area (Å²) in [7, 11) is 0. The minimum atomic E-state index is -0.556. The van der Waals surface area contributed by atoms with E-state index in [0.717, 1.165) is 22.4 Å². The number of benzene rings is 2. The maximum atomic E-state index is 11.4. The van der Waals surface area contributed by atoms with Crippen LogP contribution in [0.25, 0.3) is 0 Å². The number of hydrogen-bond donors (Lipinski definition) is 3. The summed E-state index contributed by atoms with van der Waals surface area (Å²) in [6, 6.07) is 15.2. The molecule has 1 amide bonds. The highest BCUT2D eigenvalue weighted by molar-refractivity contribution is 7.99. The third-order valence-corrected chi connectivity index (χ3v) is 5.71. The van der Waals surface area contributed by atoms with E-state index in [1.54, 1.807) is 11.8 Å². The predicted molar refractivity (Wildman–Crippen MR) is 114 cm³/mol. The standard InChI is InChI=1S/C22H27NO5S/c1-15(26)23-19-4-2-3-18(11-19)22-27-20(14-29-10-9-24)12-21(28-22)17-7-5-16(13-25)6-8-17/h2-8,11,20-22,24-25H,9-10,12-14H2,1H3,(H,23,26)/t20-,21+,22+/m1/s1. The molecule has 0 bridgehead atoms. The summed E-state index contributed by atoms with van der Waals surface area (Å²) < 4.78 is 12.5. The van der Waals surface area contributed by atoms with Crippen LogP contribution in [-0.4, -0.2) is 40.3 Å². The Kier molecular flexibility index (Phi) is 8.09. The molecule has 0 aromatic heterocycles. The van der Waals surface area contributed by atoms with E-state index >= 15 is 0 Å². The van der Waals surface area contributed by atoms with E-state index in [9.17, 15) is 9.90 Å². The van der Waals surface area contributed by atoms with Crippen LogP contribution < -0.4 is 5.32 Å². The lowest BCUT2D eigenvalue weighted by atomic mass is 10.0. The monoisotopic (exact) mass is 417 g/mol. The Morgan fingerprint density at radius 2 is 1.93 bits per heavy atom. The number of ether oxygens (including phenoxy) is 2. The van der Waals surface area contributed by atoms with Crippen molar-refractivity contribution in [3.63, 3.8) is 0 Å². The molecule has 3 N–H and O–H groups in total. The van der Waals surface area contributed by atoms with Gasteiger partial charge in [0.05, 0.1) is 25.4 Å². The van der Waals surface area contributed by atoms with Crippen LogP contribution in [0.5, 0.6) is 0 Å². The van der Waals surface area contributed by atoms with E-state index in [0.29, 0.717) is 17.9 Å². The van der Waals surface area contributed by atoms with Gasteiger partial charge in [-0.3, -0.25) is 4.79 Å². The molecule has 1 fully saturated rings. The highest BCUT2D eigenvalue weighted by Crippen LogP contribution is 2.39. The SMILES string of the molecule is CC(=O)Nc1cccc([C@H]2O[C@@H](CSCCO)C[C@@H](c3ccc(CO)cc3)O2)c1. The normalized spacial score (nSPS) is 21.7. The fraction of sp³-hybridized carbons (Fsp3) is 0.409. The molecule has 0 radical (unpaired) electrons. The largest absolute Gasteiger partial charge is 0.396 e. The number of nitrogens with one attached hydrogen (secondary N) is 1. The average molecular weight is 418 g/mol. The first-order valence-corrected chi connectivity index (χ1v) is 10.8. The molecule has 6 nitrogen and oxygen atoms in total. The summed E-state index contributed by atoms with van der Waals surface area (Å²) in [5.74, 6) is 1.30. The molecule has 3 rings (SSSR count). The van der Waals surface area contributed by atoms with E-state index in [1.165, 1.54) is 6.92 Å². The molecular weight excluding hydrogens is 390 g/mol. The first kappa shape index (κ1) is 21.8. The lowest BCUT2D eigenvalue weighted by Gasteiger charge is -2.36. The van der Waals surface area contributed by atoms with Gasteiger partial charge in [0.2, 0.25) is 5.91 Å². The Hall–Kier alpha value is -1.90. The maximum Gasteiger partial charge on any atom is 0.221 e. The number of thioether (sulfide) groups is 1. The van der Waals surface area contributed by atoms with Gasteiger partial charge in [0.1, 0.15) is 0 Å². The molecule has 2 aromatic carbocycles. The number of amides is 1. The molecule has 0 saturated carbocycles. The van der Waals surface area contributed by atoms with Gasteiger partial charge in [-0.25, -0.2) is 0 Å². The number of rotatable bonds is 8. The molecule has 1 aliphatic heterocycles. The topological polar surface area (TPSA) is 88.0 Å². The number of aliphatic hydroxyl groups is 2. The van der Waals surface area contributed by atoms with Gasteiger partial charge in [-0.1, -0.05) is 36.4 Å². The first-order chi connectivity index (χ1) is 14.1. The van der Waals surface area contributed by atoms with Gasteiger partial charge in [-0.2, -0.15) is 11.8 Å². The molecule has 2 aromatic rings. The summed E-state index contributed by atoms with van der Waals surface area (Å²) in [4.78, 5) is 11.4. The van der Waals surface area contributed by atoms with Crippen molar-refractivity contribution in [2.24, 2.45) is 0 Å².